The highest BCUT2D eigenvalue weighted by atomic mass is 32.1. The molecule has 0 saturated heterocycles. The van der Waals surface area contributed by atoms with Crippen molar-refractivity contribution >= 4 is 22.9 Å². The van der Waals surface area contributed by atoms with Gasteiger partial charge in [0.1, 0.15) is 5.82 Å². The van der Waals surface area contributed by atoms with Gasteiger partial charge in [0, 0.05) is 28.2 Å². The molecular weight excluding hydrogens is 333 g/mol. The fourth-order valence-corrected chi connectivity index (χ4v) is 4.48. The van der Waals surface area contributed by atoms with Crippen LogP contribution in [0.15, 0.2) is 53.9 Å². The Balaban J connectivity index is 1.76. The summed E-state index contributed by atoms with van der Waals surface area (Å²) >= 11 is 1.66. The van der Waals surface area contributed by atoms with E-state index < -0.39 is 0 Å². The first-order valence-electron chi connectivity index (χ1n) is 8.41. The third-order valence-corrected chi connectivity index (χ3v) is 5.83. The summed E-state index contributed by atoms with van der Waals surface area (Å²) in [5.74, 6) is -0.154. The number of halogens is 1. The summed E-state index contributed by atoms with van der Waals surface area (Å²) in [7, 11) is 0. The molecule has 1 aliphatic heterocycles. The van der Waals surface area contributed by atoms with Crippen molar-refractivity contribution in [2.24, 2.45) is 0 Å². The summed E-state index contributed by atoms with van der Waals surface area (Å²) in [6.07, 6.45) is 1.46. The summed E-state index contributed by atoms with van der Waals surface area (Å²) in [6.45, 7) is 2.13. The summed E-state index contributed by atoms with van der Waals surface area (Å²) in [6, 6.07) is 14.9. The van der Waals surface area contributed by atoms with Crippen LogP contribution in [0.3, 0.4) is 0 Å². The van der Waals surface area contributed by atoms with E-state index in [4.69, 9.17) is 0 Å². The number of anilines is 1. The van der Waals surface area contributed by atoms with Crippen molar-refractivity contribution < 1.29 is 9.18 Å². The minimum Gasteiger partial charge on any atom is -0.325 e. The van der Waals surface area contributed by atoms with Gasteiger partial charge in [-0.2, -0.15) is 0 Å². The first kappa shape index (κ1) is 16.0. The average Bonchev–Trinajstić information content (AvgIpc) is 3.05. The number of thiophene rings is 1. The molecule has 3 aromatic rings. The quantitative estimate of drug-likeness (QED) is 0.655. The molecule has 0 bridgehead atoms. The SMILES string of the molecule is CCc1ccc(C2CC(=O)Nc3c(-c4ccc(F)cc4)csc32)cc1. The minimum atomic E-state index is -0.259. The molecule has 25 heavy (non-hydrogen) atoms. The number of aryl methyl sites for hydroxylation is 1. The number of hydrogen-bond donors (Lipinski definition) is 1. The molecule has 1 unspecified atom stereocenters. The third-order valence-electron chi connectivity index (χ3n) is 4.74. The van der Waals surface area contributed by atoms with Crippen molar-refractivity contribution in [3.05, 3.63) is 75.7 Å². The first-order valence-corrected chi connectivity index (χ1v) is 9.29. The van der Waals surface area contributed by atoms with Crippen LogP contribution in [0, 0.1) is 5.82 Å². The lowest BCUT2D eigenvalue weighted by Crippen LogP contribution is -2.22. The van der Waals surface area contributed by atoms with Crippen LogP contribution in [0.1, 0.15) is 35.3 Å². The Morgan fingerprint density at radius 1 is 1.12 bits per heavy atom. The van der Waals surface area contributed by atoms with E-state index in [0.717, 1.165) is 23.2 Å². The van der Waals surface area contributed by atoms with Crippen molar-refractivity contribution in [2.45, 2.75) is 25.7 Å². The molecule has 1 aliphatic rings. The Morgan fingerprint density at radius 2 is 1.84 bits per heavy atom. The van der Waals surface area contributed by atoms with Gasteiger partial charge >= 0.3 is 0 Å². The normalized spacial score (nSPS) is 16.4. The fraction of sp³-hybridized carbons (Fsp3) is 0.190. The average molecular weight is 351 g/mol. The van der Waals surface area contributed by atoms with Crippen molar-refractivity contribution in [3.63, 3.8) is 0 Å². The van der Waals surface area contributed by atoms with Gasteiger partial charge in [0.15, 0.2) is 0 Å². The maximum Gasteiger partial charge on any atom is 0.225 e. The van der Waals surface area contributed by atoms with E-state index in [9.17, 15) is 9.18 Å². The number of carbonyl (C=O) groups excluding carboxylic acids is 1. The highest BCUT2D eigenvalue weighted by Crippen LogP contribution is 2.46. The Hall–Kier alpha value is -2.46. The van der Waals surface area contributed by atoms with E-state index in [0.29, 0.717) is 6.42 Å². The zero-order valence-electron chi connectivity index (χ0n) is 13.9. The molecular formula is C21H18FNOS. The number of fused-ring (bicyclic) bond motifs is 1. The van der Waals surface area contributed by atoms with E-state index in [2.05, 4.69) is 41.9 Å². The van der Waals surface area contributed by atoms with Gasteiger partial charge in [0.2, 0.25) is 5.91 Å². The highest BCUT2D eigenvalue weighted by Gasteiger charge is 2.30. The van der Waals surface area contributed by atoms with Crippen molar-refractivity contribution in [1.82, 2.24) is 0 Å². The smallest absolute Gasteiger partial charge is 0.225 e. The lowest BCUT2D eigenvalue weighted by molar-refractivity contribution is -0.116. The molecule has 4 heteroatoms. The van der Waals surface area contributed by atoms with Crippen molar-refractivity contribution in [3.8, 4) is 11.1 Å². The lowest BCUT2D eigenvalue weighted by Gasteiger charge is -2.24. The zero-order valence-corrected chi connectivity index (χ0v) is 14.7. The Bertz CT molecular complexity index is 912. The number of carbonyl (C=O) groups is 1. The molecule has 1 amide bonds. The van der Waals surface area contributed by atoms with Gasteiger partial charge in [-0.25, -0.2) is 4.39 Å². The number of amides is 1. The van der Waals surface area contributed by atoms with Gasteiger partial charge in [-0.3, -0.25) is 4.79 Å². The van der Waals surface area contributed by atoms with Gasteiger partial charge in [0.05, 0.1) is 5.69 Å². The Morgan fingerprint density at radius 3 is 2.52 bits per heavy atom. The van der Waals surface area contributed by atoms with E-state index in [1.54, 1.807) is 23.5 Å². The molecule has 2 heterocycles. The maximum absolute atomic E-state index is 13.2. The predicted octanol–water partition coefficient (Wildman–Crippen LogP) is 5.59. The van der Waals surface area contributed by atoms with E-state index in [-0.39, 0.29) is 17.6 Å². The number of hydrogen-bond acceptors (Lipinski definition) is 2. The topological polar surface area (TPSA) is 29.1 Å². The maximum atomic E-state index is 13.2. The standard InChI is InChI=1S/C21H18FNOS/c1-2-13-3-5-14(6-4-13)17-11-19(24)23-20-18(12-25-21(17)20)15-7-9-16(22)10-8-15/h3-10,12,17H,2,11H2,1H3,(H,23,24). The molecule has 0 fully saturated rings. The molecule has 1 aromatic heterocycles. The van der Waals surface area contributed by atoms with E-state index in [1.165, 1.54) is 28.1 Å². The van der Waals surface area contributed by atoms with Gasteiger partial charge < -0.3 is 5.32 Å². The molecule has 0 saturated carbocycles. The molecule has 0 radical (unpaired) electrons. The molecule has 2 nitrogen and oxygen atoms in total. The molecule has 0 spiro atoms. The van der Waals surface area contributed by atoms with Crippen LogP contribution in [0.25, 0.3) is 11.1 Å². The summed E-state index contributed by atoms with van der Waals surface area (Å²) < 4.78 is 13.2. The number of rotatable bonds is 3. The van der Waals surface area contributed by atoms with Crippen molar-refractivity contribution in [2.75, 3.05) is 5.32 Å². The fourth-order valence-electron chi connectivity index (χ4n) is 3.32. The monoisotopic (exact) mass is 351 g/mol. The molecule has 1 atom stereocenters. The van der Waals surface area contributed by atoms with Crippen LogP contribution in [0.5, 0.6) is 0 Å². The second kappa shape index (κ2) is 6.45. The second-order valence-electron chi connectivity index (χ2n) is 6.30. The zero-order chi connectivity index (χ0) is 17.4. The summed E-state index contributed by atoms with van der Waals surface area (Å²) in [5, 5.41) is 5.07. The van der Waals surface area contributed by atoms with E-state index in [1.807, 2.05) is 0 Å². The molecule has 126 valence electrons. The first-order chi connectivity index (χ1) is 12.2. The van der Waals surface area contributed by atoms with Crippen LogP contribution in [-0.2, 0) is 11.2 Å². The second-order valence-corrected chi connectivity index (χ2v) is 7.21. The van der Waals surface area contributed by atoms with Crippen LogP contribution in [0.4, 0.5) is 10.1 Å². The predicted molar refractivity (Wildman–Crippen MR) is 101 cm³/mol. The Kier molecular flexibility index (Phi) is 4.14. The van der Waals surface area contributed by atoms with Crippen LogP contribution >= 0.6 is 11.3 Å². The summed E-state index contributed by atoms with van der Waals surface area (Å²) in [4.78, 5) is 13.5. The van der Waals surface area contributed by atoms with Crippen molar-refractivity contribution in [1.29, 1.82) is 0 Å². The molecule has 2 aromatic carbocycles. The van der Waals surface area contributed by atoms with Crippen LogP contribution < -0.4 is 5.32 Å². The Labute approximate surface area is 150 Å². The summed E-state index contributed by atoms with van der Waals surface area (Å²) in [5.41, 5.74) is 5.21. The van der Waals surface area contributed by atoms with E-state index >= 15 is 0 Å². The number of benzene rings is 2. The third kappa shape index (κ3) is 2.98. The van der Waals surface area contributed by atoms with Gasteiger partial charge in [0.25, 0.3) is 0 Å². The largest absolute Gasteiger partial charge is 0.325 e. The lowest BCUT2D eigenvalue weighted by atomic mass is 9.88. The van der Waals surface area contributed by atoms with Gasteiger partial charge in [-0.05, 0) is 35.2 Å². The molecule has 0 aliphatic carbocycles. The molecule has 1 N–H and O–H groups in total. The van der Waals surface area contributed by atoms with Crippen LogP contribution in [0.2, 0.25) is 0 Å². The minimum absolute atomic E-state index is 0.0267. The van der Waals surface area contributed by atoms with Gasteiger partial charge in [-0.1, -0.05) is 43.3 Å². The van der Waals surface area contributed by atoms with Crippen LogP contribution in [-0.4, -0.2) is 5.91 Å². The molecule has 4 rings (SSSR count). The highest BCUT2D eigenvalue weighted by molar-refractivity contribution is 7.11. The number of nitrogens with one attached hydrogen (secondary N) is 1. The van der Waals surface area contributed by atoms with Gasteiger partial charge in [-0.15, -0.1) is 11.3 Å².